The van der Waals surface area contributed by atoms with Crippen LogP contribution in [0.15, 0.2) is 36.7 Å². The summed E-state index contributed by atoms with van der Waals surface area (Å²) in [5, 5.41) is 0.823. The lowest BCUT2D eigenvalue weighted by atomic mass is 10.1. The van der Waals surface area contributed by atoms with Crippen molar-refractivity contribution in [2.24, 2.45) is 0 Å². The third-order valence-electron chi connectivity index (χ3n) is 3.14. The summed E-state index contributed by atoms with van der Waals surface area (Å²) in [6.45, 7) is 0. The number of ether oxygens (including phenoxy) is 2. The smallest absolute Gasteiger partial charge is 0.222 e. The first-order valence-corrected chi connectivity index (χ1v) is 6.31. The molecule has 0 saturated carbocycles. The highest BCUT2D eigenvalue weighted by Crippen LogP contribution is 2.30. The molecule has 0 bridgehead atoms. The van der Waals surface area contributed by atoms with Gasteiger partial charge in [-0.2, -0.15) is 4.98 Å². The summed E-state index contributed by atoms with van der Waals surface area (Å²) < 4.78 is 10.6. The fourth-order valence-corrected chi connectivity index (χ4v) is 2.07. The largest absolute Gasteiger partial charge is 0.497 e. The highest BCUT2D eigenvalue weighted by molar-refractivity contribution is 5.81. The second kappa shape index (κ2) is 5.24. The molecule has 6 heteroatoms. The lowest BCUT2D eigenvalue weighted by Gasteiger charge is -2.09. The van der Waals surface area contributed by atoms with Crippen LogP contribution in [0, 0.1) is 0 Å². The zero-order valence-corrected chi connectivity index (χ0v) is 11.7. The van der Waals surface area contributed by atoms with E-state index in [9.17, 15) is 0 Å². The molecule has 0 aliphatic heterocycles. The predicted octanol–water partition coefficient (Wildman–Crippen LogP) is 2.29. The molecule has 0 saturated heterocycles. The minimum atomic E-state index is 0.214. The number of nitrogens with zero attached hydrogens (tertiary/aromatic N) is 3. The molecule has 0 radical (unpaired) electrons. The molecule has 0 fully saturated rings. The van der Waals surface area contributed by atoms with Crippen molar-refractivity contribution in [3.05, 3.63) is 36.7 Å². The maximum absolute atomic E-state index is 5.55. The van der Waals surface area contributed by atoms with Gasteiger partial charge in [-0.05, 0) is 23.8 Å². The molecule has 0 amide bonds. The van der Waals surface area contributed by atoms with Crippen molar-refractivity contribution in [2.75, 3.05) is 20.0 Å². The third kappa shape index (κ3) is 2.55. The Kier molecular flexibility index (Phi) is 3.27. The van der Waals surface area contributed by atoms with Crippen molar-refractivity contribution in [1.29, 1.82) is 0 Å². The molecule has 3 aromatic rings. The van der Waals surface area contributed by atoms with Crippen LogP contribution in [-0.2, 0) is 0 Å². The second-order valence-corrected chi connectivity index (χ2v) is 4.47. The number of methoxy groups -OCH3 is 2. The number of aromatic nitrogens is 3. The van der Waals surface area contributed by atoms with Crippen molar-refractivity contribution in [2.45, 2.75) is 0 Å². The lowest BCUT2D eigenvalue weighted by molar-refractivity contribution is 0.394. The summed E-state index contributed by atoms with van der Waals surface area (Å²) in [5.74, 6) is 1.65. The van der Waals surface area contributed by atoms with Crippen LogP contribution in [0.5, 0.6) is 11.5 Å². The van der Waals surface area contributed by atoms with E-state index in [-0.39, 0.29) is 5.95 Å². The van der Waals surface area contributed by atoms with Crippen LogP contribution < -0.4 is 15.2 Å². The van der Waals surface area contributed by atoms with Crippen LogP contribution in [0.4, 0.5) is 5.95 Å². The first-order valence-electron chi connectivity index (χ1n) is 6.31. The van der Waals surface area contributed by atoms with Gasteiger partial charge in [0, 0.05) is 29.4 Å². The van der Waals surface area contributed by atoms with Crippen molar-refractivity contribution in [1.82, 2.24) is 15.0 Å². The van der Waals surface area contributed by atoms with Crippen LogP contribution in [0.2, 0.25) is 0 Å². The van der Waals surface area contributed by atoms with Crippen LogP contribution in [0.1, 0.15) is 0 Å². The van der Waals surface area contributed by atoms with Gasteiger partial charge < -0.3 is 15.2 Å². The van der Waals surface area contributed by atoms with E-state index in [2.05, 4.69) is 15.0 Å². The summed E-state index contributed by atoms with van der Waals surface area (Å²) in [5.41, 5.74) is 7.99. The van der Waals surface area contributed by atoms with Crippen molar-refractivity contribution in [3.63, 3.8) is 0 Å². The summed E-state index contributed by atoms with van der Waals surface area (Å²) in [6, 6.07) is 7.62. The van der Waals surface area contributed by atoms with E-state index in [0.29, 0.717) is 5.65 Å². The van der Waals surface area contributed by atoms with E-state index < -0.39 is 0 Å². The molecule has 6 nitrogen and oxygen atoms in total. The number of pyridine rings is 1. The van der Waals surface area contributed by atoms with Gasteiger partial charge in [0.25, 0.3) is 0 Å². The van der Waals surface area contributed by atoms with Crippen LogP contribution in [0.3, 0.4) is 0 Å². The Morgan fingerprint density at radius 3 is 2.24 bits per heavy atom. The highest BCUT2D eigenvalue weighted by Gasteiger charge is 2.07. The van der Waals surface area contributed by atoms with Gasteiger partial charge in [0.2, 0.25) is 5.95 Å². The van der Waals surface area contributed by atoms with Crippen LogP contribution in [0.25, 0.3) is 22.2 Å². The van der Waals surface area contributed by atoms with Crippen LogP contribution >= 0.6 is 0 Å². The fraction of sp³-hybridized carbons (Fsp3) is 0.133. The maximum atomic E-state index is 5.55. The van der Waals surface area contributed by atoms with Crippen LogP contribution in [-0.4, -0.2) is 29.2 Å². The Balaban J connectivity index is 2.13. The Labute approximate surface area is 121 Å². The van der Waals surface area contributed by atoms with E-state index >= 15 is 0 Å². The molecule has 0 aliphatic rings. The summed E-state index contributed by atoms with van der Waals surface area (Å²) in [7, 11) is 3.24. The predicted molar refractivity (Wildman–Crippen MR) is 80.3 cm³/mol. The summed E-state index contributed by atoms with van der Waals surface area (Å²) >= 11 is 0. The second-order valence-electron chi connectivity index (χ2n) is 4.47. The molecule has 21 heavy (non-hydrogen) atoms. The average Bonchev–Trinajstić information content (AvgIpc) is 2.53. The van der Waals surface area contributed by atoms with Gasteiger partial charge in [-0.15, -0.1) is 0 Å². The molecule has 2 N–H and O–H groups in total. The summed E-state index contributed by atoms with van der Waals surface area (Å²) in [4.78, 5) is 12.4. The topological polar surface area (TPSA) is 83.2 Å². The Bertz CT molecular complexity index is 783. The molecular formula is C15H14N4O2. The van der Waals surface area contributed by atoms with Gasteiger partial charge >= 0.3 is 0 Å². The normalized spacial score (nSPS) is 10.6. The van der Waals surface area contributed by atoms with E-state index in [1.54, 1.807) is 26.6 Å². The molecule has 0 atom stereocenters. The van der Waals surface area contributed by atoms with Gasteiger partial charge in [0.15, 0.2) is 5.65 Å². The molecule has 3 rings (SSSR count). The van der Waals surface area contributed by atoms with Gasteiger partial charge in [-0.25, -0.2) is 9.97 Å². The third-order valence-corrected chi connectivity index (χ3v) is 3.14. The van der Waals surface area contributed by atoms with E-state index in [0.717, 1.165) is 28.0 Å². The summed E-state index contributed by atoms with van der Waals surface area (Å²) in [6.07, 6.45) is 3.40. The zero-order valence-electron chi connectivity index (χ0n) is 11.7. The standard InChI is InChI=1S/C15H14N4O2/c1-20-12-4-9(5-13(6-12)21-2)10-3-11-8-18-15(16)19-14(11)17-7-10/h3-8H,1-2H3,(H2,16,17,18,19). The number of hydrogen-bond donors (Lipinski definition) is 1. The zero-order chi connectivity index (χ0) is 14.8. The van der Waals surface area contributed by atoms with E-state index in [1.165, 1.54) is 0 Å². The number of hydrogen-bond acceptors (Lipinski definition) is 6. The number of benzene rings is 1. The highest BCUT2D eigenvalue weighted by atomic mass is 16.5. The number of anilines is 1. The molecule has 0 aliphatic carbocycles. The maximum Gasteiger partial charge on any atom is 0.222 e. The fourth-order valence-electron chi connectivity index (χ4n) is 2.07. The monoisotopic (exact) mass is 282 g/mol. The van der Waals surface area contributed by atoms with E-state index in [4.69, 9.17) is 15.2 Å². The first kappa shape index (κ1) is 13.1. The van der Waals surface area contributed by atoms with E-state index in [1.807, 2.05) is 24.3 Å². The molecule has 2 aromatic heterocycles. The molecule has 0 spiro atoms. The van der Waals surface area contributed by atoms with Gasteiger partial charge in [-0.1, -0.05) is 0 Å². The lowest BCUT2D eigenvalue weighted by Crippen LogP contribution is -1.96. The number of fused-ring (bicyclic) bond motifs is 1. The minimum Gasteiger partial charge on any atom is -0.497 e. The van der Waals surface area contributed by atoms with Gasteiger partial charge in [0.1, 0.15) is 11.5 Å². The molecule has 0 unspecified atom stereocenters. The molecule has 2 heterocycles. The first-order chi connectivity index (χ1) is 10.2. The Morgan fingerprint density at radius 2 is 1.57 bits per heavy atom. The molecule has 1 aromatic carbocycles. The average molecular weight is 282 g/mol. The van der Waals surface area contributed by atoms with Crippen molar-refractivity contribution < 1.29 is 9.47 Å². The Morgan fingerprint density at radius 1 is 0.857 bits per heavy atom. The molecular weight excluding hydrogens is 268 g/mol. The SMILES string of the molecule is COc1cc(OC)cc(-c2cnc3nc(N)ncc3c2)c1. The van der Waals surface area contributed by atoms with Gasteiger partial charge in [0.05, 0.1) is 14.2 Å². The molecule has 106 valence electrons. The quantitative estimate of drug-likeness (QED) is 0.793. The Hall–Kier alpha value is -2.89. The minimum absolute atomic E-state index is 0.214. The van der Waals surface area contributed by atoms with Crippen molar-refractivity contribution >= 4 is 17.0 Å². The van der Waals surface area contributed by atoms with Crippen molar-refractivity contribution in [3.8, 4) is 22.6 Å². The van der Waals surface area contributed by atoms with Gasteiger partial charge in [-0.3, -0.25) is 0 Å². The number of rotatable bonds is 3. The number of nitrogen functional groups attached to an aromatic ring is 1. The number of nitrogens with two attached hydrogens (primary N) is 1.